The van der Waals surface area contributed by atoms with Crippen molar-refractivity contribution in [2.45, 2.75) is 0 Å². The lowest BCUT2D eigenvalue weighted by Gasteiger charge is -1.96. The van der Waals surface area contributed by atoms with Crippen molar-refractivity contribution in [2.75, 3.05) is 0 Å². The molecule has 0 aliphatic carbocycles. The van der Waals surface area contributed by atoms with E-state index in [1.807, 2.05) is 22.8 Å². The monoisotopic (exact) mass is 260 g/mol. The minimum absolute atomic E-state index is 0.256. The lowest BCUT2D eigenvalue weighted by atomic mass is 10.2. The molecule has 0 atom stereocenters. The lowest BCUT2D eigenvalue weighted by molar-refractivity contribution is 1.01. The van der Waals surface area contributed by atoms with E-state index in [-0.39, 0.29) is 7.02 Å². The third kappa shape index (κ3) is 1.21. The predicted molar refractivity (Wildman–Crippen MR) is 68.1 cm³/mol. The van der Waals surface area contributed by atoms with Gasteiger partial charge in [-0.2, -0.15) is 0 Å². The molecule has 0 saturated carbocycles. The minimum atomic E-state index is 0.256. The minimum Gasteiger partial charge on any atom is -0.344 e. The van der Waals surface area contributed by atoms with Crippen LogP contribution in [0.15, 0.2) is 46.9 Å². The average molecular weight is 261 g/mol. The molecule has 1 nitrogen and oxygen atoms in total. The second kappa shape index (κ2) is 3.11. The van der Waals surface area contributed by atoms with Gasteiger partial charge in [0, 0.05) is 34.7 Å². The van der Waals surface area contributed by atoms with Crippen LogP contribution in [-0.2, 0) is 7.02 Å². The molecule has 3 aromatic rings. The normalized spacial score (nSPS) is 12.2. The summed E-state index contributed by atoms with van der Waals surface area (Å²) in [7, 11) is 0.256. The Morgan fingerprint density at radius 1 is 1.07 bits per heavy atom. The molecular formula is C13H10BrN. The van der Waals surface area contributed by atoms with Crippen molar-refractivity contribution >= 4 is 37.7 Å². The molecule has 0 unspecified atom stereocenters. The Hall–Kier alpha value is -1.28. The molecule has 3 rings (SSSR count). The maximum atomic E-state index is 7.63. The molecule has 0 spiro atoms. The van der Waals surface area contributed by atoms with E-state index in [4.69, 9.17) is 1.37 Å². The van der Waals surface area contributed by atoms with Crippen LogP contribution in [0.2, 0.25) is 0 Å². The second-order valence-electron chi connectivity index (χ2n) is 3.61. The smallest absolute Gasteiger partial charge is 0.0489 e. The highest BCUT2D eigenvalue weighted by atomic mass is 79.9. The summed E-state index contributed by atoms with van der Waals surface area (Å²) >= 11 is 3.49. The number of rotatable bonds is 0. The molecule has 74 valence electrons. The van der Waals surface area contributed by atoms with E-state index in [0.29, 0.717) is 0 Å². The molecule has 0 aliphatic heterocycles. The number of aromatic nitrogens is 1. The zero-order valence-electron chi connectivity index (χ0n) is 9.07. The van der Waals surface area contributed by atoms with Crippen LogP contribution in [0.3, 0.4) is 0 Å². The molecule has 0 amide bonds. The highest BCUT2D eigenvalue weighted by Gasteiger charge is 2.06. The summed E-state index contributed by atoms with van der Waals surface area (Å²) in [6, 6.07) is 14.4. The van der Waals surface area contributed by atoms with E-state index < -0.39 is 0 Å². The number of aryl methyl sites for hydroxylation is 1. The van der Waals surface area contributed by atoms with Crippen molar-refractivity contribution in [1.82, 2.24) is 4.57 Å². The molecular weight excluding hydrogens is 250 g/mol. The van der Waals surface area contributed by atoms with Gasteiger partial charge >= 0.3 is 0 Å². The van der Waals surface area contributed by atoms with Crippen LogP contribution in [-0.4, -0.2) is 4.57 Å². The van der Waals surface area contributed by atoms with Gasteiger partial charge in [-0.1, -0.05) is 34.1 Å². The first-order chi connectivity index (χ1) is 7.81. The Balaban J connectivity index is 2.59. The van der Waals surface area contributed by atoms with Gasteiger partial charge in [-0.15, -0.1) is 0 Å². The Morgan fingerprint density at radius 3 is 2.73 bits per heavy atom. The largest absolute Gasteiger partial charge is 0.344 e. The topological polar surface area (TPSA) is 4.93 Å². The van der Waals surface area contributed by atoms with Gasteiger partial charge in [-0.25, -0.2) is 0 Å². The van der Waals surface area contributed by atoms with E-state index in [9.17, 15) is 0 Å². The first kappa shape index (κ1) is 7.94. The number of benzene rings is 2. The first-order valence-corrected chi connectivity index (χ1v) is 5.56. The molecule has 1 aromatic heterocycles. The van der Waals surface area contributed by atoms with Gasteiger partial charge in [-0.05, 0) is 24.3 Å². The number of fused-ring (bicyclic) bond motifs is 3. The zero-order chi connectivity index (χ0) is 11.1. The van der Waals surface area contributed by atoms with Gasteiger partial charge in [0.1, 0.15) is 0 Å². The fourth-order valence-corrected chi connectivity index (χ4v) is 2.39. The van der Waals surface area contributed by atoms with Gasteiger partial charge in [0.25, 0.3) is 0 Å². The number of hydrogen-bond donors (Lipinski definition) is 0. The van der Waals surface area contributed by atoms with Crippen molar-refractivity contribution in [1.29, 1.82) is 0 Å². The highest BCUT2D eigenvalue weighted by Crippen LogP contribution is 2.29. The number of hydrogen-bond acceptors (Lipinski definition) is 0. The quantitative estimate of drug-likeness (QED) is 0.574. The molecule has 0 N–H and O–H groups in total. The lowest BCUT2D eigenvalue weighted by Crippen LogP contribution is -1.85. The number of nitrogens with zero attached hydrogens (tertiary/aromatic N) is 1. The molecule has 0 saturated heterocycles. The Morgan fingerprint density at radius 2 is 1.87 bits per heavy atom. The Bertz CT molecular complexity index is 672. The Kier molecular flexibility index (Phi) is 1.64. The molecule has 2 heteroatoms. The van der Waals surface area contributed by atoms with Crippen LogP contribution in [0.5, 0.6) is 0 Å². The molecule has 15 heavy (non-hydrogen) atoms. The molecule has 0 radical (unpaired) electrons. The average Bonchev–Trinajstić information content (AvgIpc) is 2.62. The van der Waals surface area contributed by atoms with Crippen molar-refractivity contribution in [3.05, 3.63) is 46.9 Å². The molecule has 2 aromatic carbocycles. The first-order valence-electron chi connectivity index (χ1n) is 5.47. The fourth-order valence-electron chi connectivity index (χ4n) is 2.03. The van der Waals surface area contributed by atoms with Crippen molar-refractivity contribution in [2.24, 2.45) is 7.02 Å². The SMILES string of the molecule is [2H]Cn1c2ccccc2c2cc(Br)ccc21. The van der Waals surface area contributed by atoms with Crippen molar-refractivity contribution in [3.63, 3.8) is 0 Å². The van der Waals surface area contributed by atoms with Crippen LogP contribution in [0, 0.1) is 0 Å². The van der Waals surface area contributed by atoms with E-state index in [1.165, 1.54) is 10.8 Å². The van der Waals surface area contributed by atoms with Crippen LogP contribution in [0.25, 0.3) is 21.8 Å². The zero-order valence-corrected chi connectivity index (χ0v) is 9.66. The van der Waals surface area contributed by atoms with Gasteiger partial charge in [0.2, 0.25) is 0 Å². The highest BCUT2D eigenvalue weighted by molar-refractivity contribution is 9.10. The third-order valence-corrected chi connectivity index (χ3v) is 3.23. The summed E-state index contributed by atoms with van der Waals surface area (Å²) in [5.74, 6) is 0. The Labute approximate surface area is 97.9 Å². The van der Waals surface area contributed by atoms with E-state index in [2.05, 4.69) is 40.2 Å². The van der Waals surface area contributed by atoms with Crippen molar-refractivity contribution in [3.8, 4) is 0 Å². The third-order valence-electron chi connectivity index (χ3n) is 2.73. The summed E-state index contributed by atoms with van der Waals surface area (Å²) in [5.41, 5.74) is 2.25. The predicted octanol–water partition coefficient (Wildman–Crippen LogP) is 4.09. The maximum absolute atomic E-state index is 7.63. The van der Waals surface area contributed by atoms with E-state index >= 15 is 0 Å². The van der Waals surface area contributed by atoms with E-state index in [1.54, 1.807) is 0 Å². The second-order valence-corrected chi connectivity index (χ2v) is 4.52. The molecule has 1 heterocycles. The maximum Gasteiger partial charge on any atom is 0.0489 e. The van der Waals surface area contributed by atoms with Crippen LogP contribution in [0.1, 0.15) is 1.37 Å². The van der Waals surface area contributed by atoms with E-state index in [0.717, 1.165) is 15.5 Å². The van der Waals surface area contributed by atoms with Gasteiger partial charge in [0.05, 0.1) is 0 Å². The van der Waals surface area contributed by atoms with Gasteiger partial charge < -0.3 is 4.57 Å². The molecule has 0 fully saturated rings. The van der Waals surface area contributed by atoms with Crippen LogP contribution in [0.4, 0.5) is 0 Å². The molecule has 0 bridgehead atoms. The van der Waals surface area contributed by atoms with Gasteiger partial charge in [0.15, 0.2) is 0 Å². The van der Waals surface area contributed by atoms with Crippen molar-refractivity contribution < 1.29 is 1.37 Å². The summed E-state index contributed by atoms with van der Waals surface area (Å²) < 4.78 is 10.7. The van der Waals surface area contributed by atoms with Gasteiger partial charge in [-0.3, -0.25) is 0 Å². The fraction of sp³-hybridized carbons (Fsp3) is 0.0769. The summed E-state index contributed by atoms with van der Waals surface area (Å²) in [5, 5.41) is 2.42. The van der Waals surface area contributed by atoms with Crippen LogP contribution < -0.4 is 0 Å². The standard InChI is InChI=1S/C13H10BrN/c1-15-12-5-3-2-4-10(12)11-8-9(14)6-7-13(11)15/h2-8H,1H3/i1D. The summed E-state index contributed by atoms with van der Waals surface area (Å²) in [6.45, 7) is 0. The van der Waals surface area contributed by atoms with Crippen LogP contribution >= 0.6 is 15.9 Å². The molecule has 0 aliphatic rings. The summed E-state index contributed by atoms with van der Waals surface area (Å²) in [4.78, 5) is 0. The summed E-state index contributed by atoms with van der Waals surface area (Å²) in [6.07, 6.45) is 0. The number of halogens is 1. The number of para-hydroxylation sites is 1.